The predicted octanol–water partition coefficient (Wildman–Crippen LogP) is 3.30. The van der Waals surface area contributed by atoms with Crippen molar-refractivity contribution in [3.63, 3.8) is 0 Å². The van der Waals surface area contributed by atoms with Crippen LogP contribution >= 0.6 is 0 Å². The molecule has 16 heavy (non-hydrogen) atoms. The largest absolute Gasteiger partial charge is 0.330 e. The molecule has 0 unspecified atom stereocenters. The molecule has 0 N–H and O–H groups in total. The van der Waals surface area contributed by atoms with Crippen molar-refractivity contribution >= 4 is 11.0 Å². The molecule has 2 heterocycles. The number of fused-ring (bicyclic) bond motifs is 1. The van der Waals surface area contributed by atoms with Gasteiger partial charge in [0, 0.05) is 17.8 Å². The molecule has 2 rings (SSSR count). The van der Waals surface area contributed by atoms with Crippen LogP contribution in [0, 0.1) is 0 Å². The quantitative estimate of drug-likeness (QED) is 0.757. The maximum absolute atomic E-state index is 12.4. The Morgan fingerprint density at radius 2 is 2.06 bits per heavy atom. The van der Waals surface area contributed by atoms with Gasteiger partial charge in [0.2, 0.25) is 0 Å². The van der Waals surface area contributed by atoms with Crippen LogP contribution in [0.25, 0.3) is 11.0 Å². The van der Waals surface area contributed by atoms with Gasteiger partial charge in [-0.3, -0.25) is 0 Å². The first-order valence-electron chi connectivity index (χ1n) is 5.54. The van der Waals surface area contributed by atoms with E-state index < -0.39 is 0 Å². The third-order valence-corrected chi connectivity index (χ3v) is 2.80. The number of halogens is 1. The first kappa shape index (κ1) is 11.1. The molecule has 0 atom stereocenters. The van der Waals surface area contributed by atoms with E-state index >= 15 is 0 Å². The average Bonchev–Trinajstić information content (AvgIpc) is 2.61. The summed E-state index contributed by atoms with van der Waals surface area (Å²) < 4.78 is 14.2. The molecule has 0 aliphatic carbocycles. The van der Waals surface area contributed by atoms with Crippen LogP contribution in [0.5, 0.6) is 0 Å². The molecule has 2 aromatic rings. The molecule has 0 saturated heterocycles. The smallest absolute Gasteiger partial charge is 0.140 e. The van der Waals surface area contributed by atoms with Crippen LogP contribution in [0.4, 0.5) is 4.39 Å². The van der Waals surface area contributed by atoms with Crippen molar-refractivity contribution in [1.82, 2.24) is 9.55 Å². The highest BCUT2D eigenvalue weighted by Crippen LogP contribution is 2.29. The van der Waals surface area contributed by atoms with E-state index in [2.05, 4.69) is 25.8 Å². The average molecular weight is 219 g/mol. The Bertz CT molecular complexity index is 494. The summed E-state index contributed by atoms with van der Waals surface area (Å²) in [6, 6.07) is 4.07. The van der Waals surface area contributed by atoms with E-state index in [-0.39, 0.29) is 12.1 Å². The van der Waals surface area contributed by atoms with Crippen molar-refractivity contribution in [2.24, 2.45) is 0 Å². The third-order valence-electron chi connectivity index (χ3n) is 2.80. The predicted molar refractivity (Wildman–Crippen MR) is 64.4 cm³/mol. The van der Waals surface area contributed by atoms with E-state index in [1.807, 2.05) is 22.9 Å². The van der Waals surface area contributed by atoms with Crippen LogP contribution in [-0.2, 0) is 12.0 Å². The lowest BCUT2D eigenvalue weighted by molar-refractivity contribution is 0.450. The maximum atomic E-state index is 12.4. The van der Waals surface area contributed by atoms with Crippen LogP contribution in [0.1, 0.15) is 26.3 Å². The molecule has 2 nitrogen and oxygen atoms in total. The molecule has 0 fully saturated rings. The Hall–Kier alpha value is -1.38. The molecule has 0 saturated carbocycles. The molecule has 0 aliphatic rings. The van der Waals surface area contributed by atoms with Gasteiger partial charge in [-0.05, 0) is 23.1 Å². The van der Waals surface area contributed by atoms with Crippen LogP contribution < -0.4 is 0 Å². The Labute approximate surface area is 95.1 Å². The maximum Gasteiger partial charge on any atom is 0.140 e. The second-order valence-electron chi connectivity index (χ2n) is 5.04. The number of aryl methyl sites for hydroxylation is 1. The monoisotopic (exact) mass is 219 g/mol. The minimum atomic E-state index is -0.356. The van der Waals surface area contributed by atoms with Crippen molar-refractivity contribution < 1.29 is 4.39 Å². The van der Waals surface area contributed by atoms with E-state index in [9.17, 15) is 4.39 Å². The molecule has 2 aromatic heterocycles. The Balaban J connectivity index is 2.62. The second kappa shape index (κ2) is 3.89. The zero-order valence-electron chi connectivity index (χ0n) is 10.00. The Kier molecular flexibility index (Phi) is 2.70. The molecule has 0 bridgehead atoms. The molecule has 0 amide bonds. The van der Waals surface area contributed by atoms with Gasteiger partial charge in [-0.2, -0.15) is 0 Å². The SMILES string of the molecule is CC(C)(C)c1ccnc2c1ccn2CC[18F]. The fourth-order valence-electron chi connectivity index (χ4n) is 2.02. The summed E-state index contributed by atoms with van der Waals surface area (Å²) in [5.41, 5.74) is 2.23. The Morgan fingerprint density at radius 3 is 2.69 bits per heavy atom. The fraction of sp³-hybridized carbons (Fsp3) is 0.462. The molecule has 3 heteroatoms. The summed E-state index contributed by atoms with van der Waals surface area (Å²) in [6.45, 7) is 6.55. The molecular weight excluding hydrogens is 202 g/mol. The summed E-state index contributed by atoms with van der Waals surface area (Å²) in [4.78, 5) is 4.33. The van der Waals surface area contributed by atoms with Crippen molar-refractivity contribution in [2.75, 3.05) is 6.67 Å². The molecule has 0 aromatic carbocycles. The summed E-state index contributed by atoms with van der Waals surface area (Å²) in [5, 5.41) is 1.13. The van der Waals surface area contributed by atoms with E-state index in [1.165, 1.54) is 5.56 Å². The molecule has 86 valence electrons. The van der Waals surface area contributed by atoms with E-state index in [1.54, 1.807) is 6.20 Å². The van der Waals surface area contributed by atoms with Gasteiger partial charge in [0.1, 0.15) is 12.3 Å². The number of nitrogens with zero attached hydrogens (tertiary/aromatic N) is 2. The highest BCUT2D eigenvalue weighted by atomic mass is 18.2. The zero-order valence-corrected chi connectivity index (χ0v) is 10.00. The number of hydrogen-bond donors (Lipinski definition) is 0. The summed E-state index contributed by atoms with van der Waals surface area (Å²) in [5.74, 6) is 0. The normalized spacial score (nSPS) is 12.2. The molecule has 0 radical (unpaired) electrons. The fourth-order valence-corrected chi connectivity index (χ4v) is 2.02. The van der Waals surface area contributed by atoms with Gasteiger partial charge in [0.25, 0.3) is 0 Å². The summed E-state index contributed by atoms with van der Waals surface area (Å²) in [7, 11) is 0. The van der Waals surface area contributed by atoms with Crippen molar-refractivity contribution in [3.8, 4) is 0 Å². The van der Waals surface area contributed by atoms with Crippen molar-refractivity contribution in [1.29, 1.82) is 0 Å². The molecule has 0 spiro atoms. The van der Waals surface area contributed by atoms with Crippen molar-refractivity contribution in [3.05, 3.63) is 30.1 Å². The third kappa shape index (κ3) is 1.82. The first-order valence-corrected chi connectivity index (χ1v) is 5.54. The lowest BCUT2D eigenvalue weighted by atomic mass is 9.86. The number of aromatic nitrogens is 2. The minimum Gasteiger partial charge on any atom is -0.330 e. The lowest BCUT2D eigenvalue weighted by Crippen LogP contribution is -2.12. The highest BCUT2D eigenvalue weighted by molar-refractivity contribution is 5.81. The van der Waals surface area contributed by atoms with Crippen molar-refractivity contribution in [2.45, 2.75) is 32.7 Å². The standard InChI is InChI=1S/C13H17FN2/c1-13(2,3)11-4-7-15-12-10(11)5-8-16(12)9-6-14/h4-5,7-8H,6,9H2,1-3H3/i14-1. The van der Waals surface area contributed by atoms with Crippen LogP contribution in [0.3, 0.4) is 0 Å². The molecular formula is C13H17FN2. The van der Waals surface area contributed by atoms with Gasteiger partial charge in [0.15, 0.2) is 0 Å². The van der Waals surface area contributed by atoms with Gasteiger partial charge < -0.3 is 4.57 Å². The van der Waals surface area contributed by atoms with E-state index in [0.717, 1.165) is 11.0 Å². The van der Waals surface area contributed by atoms with E-state index in [0.29, 0.717) is 6.54 Å². The second-order valence-corrected chi connectivity index (χ2v) is 5.04. The van der Waals surface area contributed by atoms with Gasteiger partial charge in [-0.25, -0.2) is 9.37 Å². The van der Waals surface area contributed by atoms with Crippen LogP contribution in [0.15, 0.2) is 24.5 Å². The van der Waals surface area contributed by atoms with Gasteiger partial charge >= 0.3 is 0 Å². The minimum absolute atomic E-state index is 0.0864. The van der Waals surface area contributed by atoms with Gasteiger partial charge in [-0.15, -0.1) is 0 Å². The Morgan fingerprint density at radius 1 is 1.31 bits per heavy atom. The number of hydrogen-bond acceptors (Lipinski definition) is 1. The highest BCUT2D eigenvalue weighted by Gasteiger charge is 2.18. The molecule has 0 aliphatic heterocycles. The first-order chi connectivity index (χ1) is 7.54. The van der Waals surface area contributed by atoms with E-state index in [4.69, 9.17) is 0 Å². The number of pyridine rings is 1. The zero-order chi connectivity index (χ0) is 11.8. The summed E-state index contributed by atoms with van der Waals surface area (Å²) in [6.07, 6.45) is 3.71. The summed E-state index contributed by atoms with van der Waals surface area (Å²) >= 11 is 0. The number of alkyl halides is 1. The topological polar surface area (TPSA) is 17.8 Å². The lowest BCUT2D eigenvalue weighted by Gasteiger charge is -2.19. The van der Waals surface area contributed by atoms with Gasteiger partial charge in [-0.1, -0.05) is 20.8 Å². The number of rotatable bonds is 2. The van der Waals surface area contributed by atoms with Gasteiger partial charge in [0.05, 0.1) is 6.54 Å². The van der Waals surface area contributed by atoms with Crippen LogP contribution in [-0.4, -0.2) is 16.2 Å². The van der Waals surface area contributed by atoms with Crippen LogP contribution in [0.2, 0.25) is 0 Å².